The molecule has 1 aromatic heterocycles. The fourth-order valence-electron chi connectivity index (χ4n) is 3.27. The van der Waals surface area contributed by atoms with Crippen molar-refractivity contribution in [2.24, 2.45) is 0 Å². The van der Waals surface area contributed by atoms with E-state index in [-0.39, 0.29) is 23.0 Å². The van der Waals surface area contributed by atoms with Crippen LogP contribution in [0.1, 0.15) is 12.0 Å². The van der Waals surface area contributed by atoms with E-state index in [0.717, 1.165) is 15.8 Å². The Labute approximate surface area is 191 Å². The second-order valence-corrected chi connectivity index (χ2v) is 10.3. The van der Waals surface area contributed by atoms with E-state index >= 15 is 0 Å². The number of carbonyl (C=O) groups is 1. The van der Waals surface area contributed by atoms with Crippen molar-refractivity contribution in [2.45, 2.75) is 17.9 Å². The zero-order chi connectivity index (χ0) is 22.6. The summed E-state index contributed by atoms with van der Waals surface area (Å²) in [6.07, 6.45) is -0.136. The van der Waals surface area contributed by atoms with Crippen LogP contribution in [0.25, 0.3) is 10.2 Å². The molecule has 0 unspecified atom stereocenters. The standard InChI is InChI=1S/C24H22N2O4S2/c1-30-19-12-13-21-22(16-19)31-24(25-21)26(17-18-8-4-2-5-9-18)23(27)14-15-32(28,29)20-10-6-3-7-11-20/h2-13,16H,14-15,17H2,1H3. The largest absolute Gasteiger partial charge is 0.497 e. The van der Waals surface area contributed by atoms with Crippen molar-refractivity contribution in [3.63, 3.8) is 0 Å². The lowest BCUT2D eigenvalue weighted by molar-refractivity contribution is -0.118. The molecule has 8 heteroatoms. The number of aromatic nitrogens is 1. The summed E-state index contributed by atoms with van der Waals surface area (Å²) in [4.78, 5) is 19.6. The number of anilines is 1. The summed E-state index contributed by atoms with van der Waals surface area (Å²) in [7, 11) is -1.96. The summed E-state index contributed by atoms with van der Waals surface area (Å²) < 4.78 is 31.5. The van der Waals surface area contributed by atoms with E-state index in [2.05, 4.69) is 4.98 Å². The third-order valence-corrected chi connectivity index (χ3v) is 7.76. The molecule has 0 fully saturated rings. The Kier molecular flexibility index (Phi) is 6.53. The fraction of sp³-hybridized carbons (Fsp3) is 0.167. The van der Waals surface area contributed by atoms with Crippen LogP contribution in [0.2, 0.25) is 0 Å². The van der Waals surface area contributed by atoms with Crippen molar-refractivity contribution in [3.8, 4) is 5.75 Å². The minimum atomic E-state index is -3.56. The van der Waals surface area contributed by atoms with Crippen molar-refractivity contribution in [1.82, 2.24) is 4.98 Å². The second kappa shape index (κ2) is 9.50. The Morgan fingerprint density at radius 3 is 2.38 bits per heavy atom. The first kappa shape index (κ1) is 22.0. The minimum absolute atomic E-state index is 0.136. The van der Waals surface area contributed by atoms with E-state index in [4.69, 9.17) is 4.74 Å². The maximum Gasteiger partial charge on any atom is 0.230 e. The average Bonchev–Trinajstić information content (AvgIpc) is 3.25. The monoisotopic (exact) mass is 466 g/mol. The van der Waals surface area contributed by atoms with Crippen molar-refractivity contribution < 1.29 is 17.9 Å². The average molecular weight is 467 g/mol. The van der Waals surface area contributed by atoms with Crippen LogP contribution in [0.5, 0.6) is 5.75 Å². The Bertz CT molecular complexity index is 1320. The van der Waals surface area contributed by atoms with Gasteiger partial charge in [0.25, 0.3) is 0 Å². The van der Waals surface area contributed by atoms with Gasteiger partial charge >= 0.3 is 0 Å². The topological polar surface area (TPSA) is 76.6 Å². The molecule has 0 saturated carbocycles. The molecule has 4 rings (SSSR count). The zero-order valence-electron chi connectivity index (χ0n) is 17.5. The number of carbonyl (C=O) groups excluding carboxylic acids is 1. The summed E-state index contributed by atoms with van der Waals surface area (Å²) in [6, 6.07) is 23.3. The number of hydrogen-bond acceptors (Lipinski definition) is 6. The maximum absolute atomic E-state index is 13.2. The number of amides is 1. The lowest BCUT2D eigenvalue weighted by Crippen LogP contribution is -2.31. The first-order chi connectivity index (χ1) is 15.5. The maximum atomic E-state index is 13.2. The van der Waals surface area contributed by atoms with Crippen LogP contribution in [-0.4, -0.2) is 32.2 Å². The van der Waals surface area contributed by atoms with E-state index in [1.54, 1.807) is 42.3 Å². The molecule has 0 spiro atoms. The first-order valence-corrected chi connectivity index (χ1v) is 12.5. The van der Waals surface area contributed by atoms with E-state index in [0.29, 0.717) is 17.4 Å². The van der Waals surface area contributed by atoms with Crippen LogP contribution in [0.15, 0.2) is 83.8 Å². The van der Waals surface area contributed by atoms with Crippen LogP contribution >= 0.6 is 11.3 Å². The number of rotatable bonds is 8. The van der Waals surface area contributed by atoms with E-state index in [1.165, 1.54) is 11.3 Å². The molecule has 0 aliphatic heterocycles. The van der Waals surface area contributed by atoms with Gasteiger partial charge in [-0.25, -0.2) is 13.4 Å². The molecule has 32 heavy (non-hydrogen) atoms. The van der Waals surface area contributed by atoms with Crippen LogP contribution in [0.3, 0.4) is 0 Å². The SMILES string of the molecule is COc1ccc2nc(N(Cc3ccccc3)C(=O)CCS(=O)(=O)c3ccccc3)sc2c1. The van der Waals surface area contributed by atoms with Gasteiger partial charge in [0, 0.05) is 6.42 Å². The number of fused-ring (bicyclic) bond motifs is 1. The molecule has 0 atom stereocenters. The molecular weight excluding hydrogens is 444 g/mol. The minimum Gasteiger partial charge on any atom is -0.497 e. The third kappa shape index (κ3) is 4.98. The molecular formula is C24H22N2O4S2. The highest BCUT2D eigenvalue weighted by Gasteiger charge is 2.23. The van der Waals surface area contributed by atoms with Gasteiger partial charge in [0.1, 0.15) is 5.75 Å². The summed E-state index contributed by atoms with van der Waals surface area (Å²) in [5, 5.41) is 0.527. The van der Waals surface area contributed by atoms with E-state index in [9.17, 15) is 13.2 Å². The number of nitrogens with zero attached hydrogens (tertiary/aromatic N) is 2. The number of hydrogen-bond donors (Lipinski definition) is 0. The van der Waals surface area contributed by atoms with Gasteiger partial charge in [-0.1, -0.05) is 59.9 Å². The molecule has 0 saturated heterocycles. The third-order valence-electron chi connectivity index (χ3n) is 4.99. The lowest BCUT2D eigenvalue weighted by atomic mass is 10.2. The van der Waals surface area contributed by atoms with Crippen molar-refractivity contribution in [2.75, 3.05) is 17.8 Å². The summed E-state index contributed by atoms with van der Waals surface area (Å²) >= 11 is 1.38. The van der Waals surface area contributed by atoms with E-state index < -0.39 is 9.84 Å². The summed E-state index contributed by atoms with van der Waals surface area (Å²) in [5.74, 6) is 0.154. The van der Waals surface area contributed by atoms with Gasteiger partial charge in [-0.2, -0.15) is 0 Å². The van der Waals surface area contributed by atoms with Crippen LogP contribution in [0.4, 0.5) is 5.13 Å². The molecule has 3 aromatic carbocycles. The van der Waals surface area contributed by atoms with Gasteiger partial charge in [-0.3, -0.25) is 9.69 Å². The highest BCUT2D eigenvalue weighted by Crippen LogP contribution is 2.32. The number of ether oxygens (including phenoxy) is 1. The predicted molar refractivity (Wildman–Crippen MR) is 127 cm³/mol. The Hall–Kier alpha value is -3.23. The first-order valence-electron chi connectivity index (χ1n) is 10.0. The highest BCUT2D eigenvalue weighted by molar-refractivity contribution is 7.91. The van der Waals surface area contributed by atoms with E-state index in [1.807, 2.05) is 48.5 Å². The van der Waals surface area contributed by atoms with Gasteiger partial charge in [0.2, 0.25) is 5.91 Å². The molecule has 4 aromatic rings. The molecule has 0 radical (unpaired) electrons. The van der Waals surface area contributed by atoms with Crippen molar-refractivity contribution >= 4 is 42.4 Å². The Balaban J connectivity index is 1.61. The number of benzene rings is 3. The lowest BCUT2D eigenvalue weighted by Gasteiger charge is -2.20. The Morgan fingerprint density at radius 1 is 1.00 bits per heavy atom. The number of methoxy groups -OCH3 is 1. The summed E-state index contributed by atoms with van der Waals surface area (Å²) in [5.41, 5.74) is 1.69. The second-order valence-electron chi connectivity index (χ2n) is 7.18. The molecule has 1 amide bonds. The summed E-state index contributed by atoms with van der Waals surface area (Å²) in [6.45, 7) is 0.308. The highest BCUT2D eigenvalue weighted by atomic mass is 32.2. The smallest absolute Gasteiger partial charge is 0.230 e. The van der Waals surface area contributed by atoms with Crippen molar-refractivity contribution in [1.29, 1.82) is 0 Å². The zero-order valence-corrected chi connectivity index (χ0v) is 19.1. The van der Waals surface area contributed by atoms with Gasteiger partial charge in [0.05, 0.1) is 34.5 Å². The van der Waals surface area contributed by atoms with Gasteiger partial charge < -0.3 is 4.74 Å². The molecule has 164 valence electrons. The Morgan fingerprint density at radius 2 is 1.69 bits per heavy atom. The molecule has 0 aliphatic rings. The van der Waals surface area contributed by atoms with Crippen LogP contribution in [0, 0.1) is 0 Å². The molecule has 0 aliphatic carbocycles. The normalized spacial score (nSPS) is 11.4. The van der Waals surface area contributed by atoms with Crippen LogP contribution in [-0.2, 0) is 21.2 Å². The van der Waals surface area contributed by atoms with Crippen molar-refractivity contribution in [3.05, 3.63) is 84.4 Å². The van der Waals surface area contributed by atoms with Gasteiger partial charge in [0.15, 0.2) is 15.0 Å². The molecule has 0 N–H and O–H groups in total. The number of sulfone groups is 1. The van der Waals surface area contributed by atoms with Gasteiger partial charge in [-0.15, -0.1) is 0 Å². The molecule has 1 heterocycles. The van der Waals surface area contributed by atoms with Gasteiger partial charge in [-0.05, 0) is 35.9 Å². The predicted octanol–water partition coefficient (Wildman–Crippen LogP) is 4.70. The molecule has 6 nitrogen and oxygen atoms in total. The quantitative estimate of drug-likeness (QED) is 0.376. The number of thiazole rings is 1. The fourth-order valence-corrected chi connectivity index (χ4v) is 5.53. The van der Waals surface area contributed by atoms with Crippen LogP contribution < -0.4 is 9.64 Å². The molecule has 0 bridgehead atoms.